The van der Waals surface area contributed by atoms with Crippen molar-refractivity contribution in [2.75, 3.05) is 0 Å². The third kappa shape index (κ3) is 3.58. The van der Waals surface area contributed by atoms with E-state index in [9.17, 15) is 9.90 Å². The van der Waals surface area contributed by atoms with Crippen molar-refractivity contribution in [3.63, 3.8) is 0 Å². The van der Waals surface area contributed by atoms with E-state index in [0.29, 0.717) is 6.42 Å². The van der Waals surface area contributed by atoms with Crippen LogP contribution in [0.4, 0.5) is 0 Å². The summed E-state index contributed by atoms with van der Waals surface area (Å²) in [6.07, 6.45) is 2.03. The molecule has 0 fully saturated rings. The van der Waals surface area contributed by atoms with E-state index in [1.807, 2.05) is 91.0 Å². The second kappa shape index (κ2) is 7.92. The molecule has 4 nitrogen and oxygen atoms in total. The van der Waals surface area contributed by atoms with Gasteiger partial charge in [-0.05, 0) is 5.56 Å². The number of rotatable bonds is 6. The zero-order chi connectivity index (χ0) is 19.3. The van der Waals surface area contributed by atoms with Gasteiger partial charge in [0, 0.05) is 17.5 Å². The van der Waals surface area contributed by atoms with Crippen molar-refractivity contribution < 1.29 is 9.90 Å². The van der Waals surface area contributed by atoms with Crippen LogP contribution in [0.5, 0.6) is 0 Å². The van der Waals surface area contributed by atoms with Crippen LogP contribution in [0.3, 0.4) is 0 Å². The molecular formula is C24H20N2O2. The first-order chi connectivity index (χ1) is 13.7. The van der Waals surface area contributed by atoms with Crippen molar-refractivity contribution in [3.05, 3.63) is 103 Å². The van der Waals surface area contributed by atoms with E-state index in [1.54, 1.807) is 10.9 Å². The van der Waals surface area contributed by atoms with Crippen LogP contribution in [0.15, 0.2) is 97.3 Å². The standard InChI is InChI=1S/C24H20N2O2/c27-24(28)21(16-18-10-4-1-5-11-18)26-17-25-22(19-12-6-2-7-13-19)23(26)20-14-8-3-9-15-20/h1-15,17,21H,16H2,(H,27,28)/t21-/m0/s1. The Balaban J connectivity index is 1.86. The van der Waals surface area contributed by atoms with Crippen LogP contribution in [0.1, 0.15) is 11.6 Å². The number of hydrogen-bond donors (Lipinski definition) is 1. The molecule has 0 saturated carbocycles. The monoisotopic (exact) mass is 368 g/mol. The lowest BCUT2D eigenvalue weighted by Gasteiger charge is -2.18. The lowest BCUT2D eigenvalue weighted by molar-refractivity contribution is -0.140. The zero-order valence-electron chi connectivity index (χ0n) is 15.3. The lowest BCUT2D eigenvalue weighted by Crippen LogP contribution is -2.21. The third-order valence-electron chi connectivity index (χ3n) is 4.78. The van der Waals surface area contributed by atoms with Crippen molar-refractivity contribution in [2.45, 2.75) is 12.5 Å². The molecule has 1 atom stereocenters. The number of nitrogens with zero attached hydrogens (tertiary/aromatic N) is 2. The van der Waals surface area contributed by atoms with Crippen LogP contribution < -0.4 is 0 Å². The Hall–Kier alpha value is -3.66. The molecule has 0 bridgehead atoms. The van der Waals surface area contributed by atoms with Crippen molar-refractivity contribution in [1.29, 1.82) is 0 Å². The average Bonchev–Trinajstić information content (AvgIpc) is 3.18. The van der Waals surface area contributed by atoms with Gasteiger partial charge in [0.1, 0.15) is 6.04 Å². The van der Waals surface area contributed by atoms with Gasteiger partial charge in [0.2, 0.25) is 0 Å². The SMILES string of the molecule is O=C(O)[C@H](Cc1ccccc1)n1cnc(-c2ccccc2)c1-c1ccccc1. The van der Waals surface area contributed by atoms with Gasteiger partial charge >= 0.3 is 5.97 Å². The Labute approximate surface area is 163 Å². The molecule has 4 aromatic rings. The summed E-state index contributed by atoms with van der Waals surface area (Å²) in [6, 6.07) is 28.6. The lowest BCUT2D eigenvalue weighted by atomic mass is 10.0. The maximum Gasteiger partial charge on any atom is 0.327 e. The number of aliphatic carboxylic acids is 1. The first kappa shape index (κ1) is 17.7. The van der Waals surface area contributed by atoms with E-state index in [4.69, 9.17) is 0 Å². The van der Waals surface area contributed by atoms with Crippen LogP contribution in [-0.4, -0.2) is 20.6 Å². The number of hydrogen-bond acceptors (Lipinski definition) is 2. The van der Waals surface area contributed by atoms with E-state index in [-0.39, 0.29) is 0 Å². The molecule has 0 aliphatic rings. The van der Waals surface area contributed by atoms with Crippen molar-refractivity contribution in [3.8, 4) is 22.5 Å². The largest absolute Gasteiger partial charge is 0.480 e. The Kier molecular flexibility index (Phi) is 5.02. The molecule has 4 rings (SSSR count). The molecule has 28 heavy (non-hydrogen) atoms. The summed E-state index contributed by atoms with van der Waals surface area (Å²) in [7, 11) is 0. The van der Waals surface area contributed by atoms with E-state index in [2.05, 4.69) is 4.98 Å². The molecule has 0 spiro atoms. The van der Waals surface area contributed by atoms with Crippen LogP contribution in [0.25, 0.3) is 22.5 Å². The molecule has 0 aliphatic heterocycles. The van der Waals surface area contributed by atoms with Crippen molar-refractivity contribution >= 4 is 5.97 Å². The average molecular weight is 368 g/mol. The highest BCUT2D eigenvalue weighted by molar-refractivity contribution is 5.81. The highest BCUT2D eigenvalue weighted by atomic mass is 16.4. The molecule has 4 heteroatoms. The van der Waals surface area contributed by atoms with Crippen molar-refractivity contribution in [1.82, 2.24) is 9.55 Å². The number of imidazole rings is 1. The molecule has 0 radical (unpaired) electrons. The number of carboxylic acid groups (broad SMARTS) is 1. The molecular weight excluding hydrogens is 348 g/mol. The second-order valence-electron chi connectivity index (χ2n) is 6.62. The fraction of sp³-hybridized carbons (Fsp3) is 0.0833. The number of carbonyl (C=O) groups is 1. The Morgan fingerprint density at radius 1 is 0.821 bits per heavy atom. The Morgan fingerprint density at radius 3 is 1.93 bits per heavy atom. The van der Waals surface area contributed by atoms with Gasteiger partial charge in [-0.3, -0.25) is 0 Å². The fourth-order valence-electron chi connectivity index (χ4n) is 3.43. The third-order valence-corrected chi connectivity index (χ3v) is 4.78. The first-order valence-corrected chi connectivity index (χ1v) is 9.18. The predicted octanol–water partition coefficient (Wildman–Crippen LogP) is 5.09. The maximum absolute atomic E-state index is 12.2. The number of benzene rings is 3. The topological polar surface area (TPSA) is 55.1 Å². The Morgan fingerprint density at radius 2 is 1.36 bits per heavy atom. The summed E-state index contributed by atoms with van der Waals surface area (Å²) < 4.78 is 1.78. The van der Waals surface area contributed by atoms with E-state index >= 15 is 0 Å². The molecule has 1 heterocycles. The summed E-state index contributed by atoms with van der Waals surface area (Å²) in [5.74, 6) is -0.877. The van der Waals surface area contributed by atoms with Gasteiger partial charge in [0.05, 0.1) is 17.7 Å². The Bertz CT molecular complexity index is 1060. The molecule has 0 aliphatic carbocycles. The summed E-state index contributed by atoms with van der Waals surface area (Å²) in [5.41, 5.74) is 4.48. The highest BCUT2D eigenvalue weighted by Crippen LogP contribution is 2.34. The minimum absolute atomic E-state index is 0.389. The van der Waals surface area contributed by atoms with Gasteiger partial charge in [-0.25, -0.2) is 9.78 Å². The summed E-state index contributed by atoms with van der Waals surface area (Å²) >= 11 is 0. The zero-order valence-corrected chi connectivity index (χ0v) is 15.3. The van der Waals surface area contributed by atoms with E-state index < -0.39 is 12.0 Å². The van der Waals surface area contributed by atoms with Crippen molar-refractivity contribution in [2.24, 2.45) is 0 Å². The number of carboxylic acids is 1. The maximum atomic E-state index is 12.2. The number of aromatic nitrogens is 2. The first-order valence-electron chi connectivity index (χ1n) is 9.18. The normalized spacial score (nSPS) is 11.9. The van der Waals surface area contributed by atoms with Gasteiger partial charge in [-0.2, -0.15) is 0 Å². The van der Waals surface area contributed by atoms with Gasteiger partial charge in [0.25, 0.3) is 0 Å². The smallest absolute Gasteiger partial charge is 0.327 e. The molecule has 0 unspecified atom stereocenters. The van der Waals surface area contributed by atoms with E-state index in [1.165, 1.54) is 0 Å². The van der Waals surface area contributed by atoms with Gasteiger partial charge in [-0.15, -0.1) is 0 Å². The van der Waals surface area contributed by atoms with Crippen LogP contribution in [0.2, 0.25) is 0 Å². The molecule has 0 saturated heterocycles. The summed E-state index contributed by atoms with van der Waals surface area (Å²) in [5, 5.41) is 9.99. The van der Waals surface area contributed by atoms with Gasteiger partial charge in [0.15, 0.2) is 0 Å². The van der Waals surface area contributed by atoms with Gasteiger partial charge < -0.3 is 9.67 Å². The molecule has 1 N–H and O–H groups in total. The molecule has 0 amide bonds. The van der Waals surface area contributed by atoms with Crippen LogP contribution in [0, 0.1) is 0 Å². The summed E-state index contributed by atoms with van der Waals surface area (Å²) in [4.78, 5) is 16.8. The summed E-state index contributed by atoms with van der Waals surface area (Å²) in [6.45, 7) is 0. The second-order valence-corrected chi connectivity index (χ2v) is 6.62. The quantitative estimate of drug-likeness (QED) is 0.516. The van der Waals surface area contributed by atoms with Crippen LogP contribution in [-0.2, 0) is 11.2 Å². The predicted molar refractivity (Wildman–Crippen MR) is 110 cm³/mol. The minimum atomic E-state index is -0.877. The minimum Gasteiger partial charge on any atom is -0.480 e. The van der Waals surface area contributed by atoms with Crippen LogP contribution >= 0.6 is 0 Å². The highest BCUT2D eigenvalue weighted by Gasteiger charge is 2.25. The van der Waals surface area contributed by atoms with Gasteiger partial charge in [-0.1, -0.05) is 91.0 Å². The molecule has 138 valence electrons. The van der Waals surface area contributed by atoms with E-state index in [0.717, 1.165) is 28.1 Å². The molecule has 3 aromatic carbocycles. The molecule has 1 aromatic heterocycles. The fourth-order valence-corrected chi connectivity index (χ4v) is 3.43.